The van der Waals surface area contributed by atoms with Gasteiger partial charge in [-0.25, -0.2) is 0 Å². The van der Waals surface area contributed by atoms with Gasteiger partial charge in [0.15, 0.2) is 18.9 Å². The van der Waals surface area contributed by atoms with Gasteiger partial charge in [0, 0.05) is 13.5 Å². The van der Waals surface area contributed by atoms with Gasteiger partial charge in [0.25, 0.3) is 0 Å². The Labute approximate surface area is 194 Å². The van der Waals surface area contributed by atoms with Gasteiger partial charge in [0.1, 0.15) is 54.9 Å². The number of rotatable bonds is 8. The van der Waals surface area contributed by atoms with Crippen molar-refractivity contribution in [2.75, 3.05) is 26.9 Å². The third-order valence-corrected chi connectivity index (χ3v) is 6.17. The van der Waals surface area contributed by atoms with Gasteiger partial charge in [-0.15, -0.1) is 0 Å². The molecule has 0 unspecified atom stereocenters. The van der Waals surface area contributed by atoms with Crippen LogP contribution in [0.1, 0.15) is 6.42 Å². The van der Waals surface area contributed by atoms with E-state index in [2.05, 4.69) is 0 Å². The molecule has 200 valence electrons. The predicted molar refractivity (Wildman–Crippen MR) is 105 cm³/mol. The summed E-state index contributed by atoms with van der Waals surface area (Å²) in [5.41, 5.74) is 0. The number of aliphatic hydroxyl groups is 9. The highest BCUT2D eigenvalue weighted by molar-refractivity contribution is 4.92. The molecule has 3 aliphatic heterocycles. The molecule has 3 aliphatic rings. The van der Waals surface area contributed by atoms with Crippen LogP contribution in [0.5, 0.6) is 0 Å². The Bertz CT molecular complexity index is 623. The summed E-state index contributed by atoms with van der Waals surface area (Å²) in [7, 11) is 1.26. The number of methoxy groups -OCH3 is 1. The van der Waals surface area contributed by atoms with E-state index in [1.54, 1.807) is 0 Å². The SMILES string of the molecule is CO[C@H]1O[C@H](CO[C@H]2O[C@H](CO)[C@@H](O)[C@H](O)[C@@H]2O)C[C@H](O[C@H]2O[C@H](CO)[C@@H](O)[C@H](O)[C@@H]2O)[C@@H]1O. The lowest BCUT2D eigenvalue weighted by Gasteiger charge is -2.44. The summed E-state index contributed by atoms with van der Waals surface area (Å²) < 4.78 is 32.4. The molecule has 0 aromatic carbocycles. The van der Waals surface area contributed by atoms with E-state index in [1.165, 1.54) is 7.11 Å². The van der Waals surface area contributed by atoms with Crippen LogP contribution >= 0.6 is 0 Å². The highest BCUT2D eigenvalue weighted by atomic mass is 16.7. The van der Waals surface area contributed by atoms with E-state index in [-0.39, 0.29) is 13.0 Å². The smallest absolute Gasteiger partial charge is 0.187 e. The number of ether oxygens (including phenoxy) is 6. The van der Waals surface area contributed by atoms with Crippen molar-refractivity contribution in [3.05, 3.63) is 0 Å². The van der Waals surface area contributed by atoms with Crippen molar-refractivity contribution in [1.82, 2.24) is 0 Å². The lowest BCUT2D eigenvalue weighted by molar-refractivity contribution is -0.347. The summed E-state index contributed by atoms with van der Waals surface area (Å²) >= 11 is 0. The minimum Gasteiger partial charge on any atom is -0.394 e. The molecule has 15 heteroatoms. The van der Waals surface area contributed by atoms with Crippen molar-refractivity contribution in [3.63, 3.8) is 0 Å². The largest absolute Gasteiger partial charge is 0.394 e. The molecule has 0 radical (unpaired) electrons. The highest BCUT2D eigenvalue weighted by Crippen LogP contribution is 2.30. The minimum absolute atomic E-state index is 0.0481. The minimum atomic E-state index is -1.68. The quantitative estimate of drug-likeness (QED) is 0.150. The van der Waals surface area contributed by atoms with Crippen LogP contribution in [0, 0.1) is 0 Å². The zero-order chi connectivity index (χ0) is 25.2. The topological polar surface area (TPSA) is 237 Å². The molecule has 14 atom stereocenters. The first-order valence-corrected chi connectivity index (χ1v) is 10.9. The molecule has 0 aliphatic carbocycles. The van der Waals surface area contributed by atoms with Crippen LogP contribution in [0.2, 0.25) is 0 Å². The fraction of sp³-hybridized carbons (Fsp3) is 1.00. The van der Waals surface area contributed by atoms with Crippen LogP contribution in [0.4, 0.5) is 0 Å². The summed E-state index contributed by atoms with van der Waals surface area (Å²) in [6.45, 7) is -1.54. The summed E-state index contributed by atoms with van der Waals surface area (Å²) in [5.74, 6) is 0. The summed E-state index contributed by atoms with van der Waals surface area (Å²) in [6.07, 6.45) is -19.5. The van der Waals surface area contributed by atoms with E-state index in [9.17, 15) is 46.0 Å². The van der Waals surface area contributed by atoms with Crippen LogP contribution < -0.4 is 0 Å². The molecular formula is C19H34O15. The van der Waals surface area contributed by atoms with Gasteiger partial charge in [-0.05, 0) is 0 Å². The second-order valence-corrected chi connectivity index (χ2v) is 8.49. The van der Waals surface area contributed by atoms with Gasteiger partial charge < -0.3 is 74.4 Å². The monoisotopic (exact) mass is 502 g/mol. The molecule has 3 heterocycles. The Kier molecular flexibility index (Phi) is 9.95. The normalized spacial score (nSPS) is 50.3. The molecule has 9 N–H and O–H groups in total. The molecule has 0 spiro atoms. The van der Waals surface area contributed by atoms with Gasteiger partial charge in [0.2, 0.25) is 0 Å². The summed E-state index contributed by atoms with van der Waals surface area (Å²) in [5, 5.41) is 89.0. The molecule has 15 nitrogen and oxygen atoms in total. The Morgan fingerprint density at radius 2 is 1.18 bits per heavy atom. The zero-order valence-corrected chi connectivity index (χ0v) is 18.4. The number of hydrogen-bond donors (Lipinski definition) is 9. The van der Waals surface area contributed by atoms with Gasteiger partial charge in [0.05, 0.1) is 32.0 Å². The van der Waals surface area contributed by atoms with Crippen molar-refractivity contribution in [1.29, 1.82) is 0 Å². The molecule has 3 saturated heterocycles. The number of hydrogen-bond acceptors (Lipinski definition) is 15. The van der Waals surface area contributed by atoms with E-state index < -0.39 is 99.2 Å². The molecule has 34 heavy (non-hydrogen) atoms. The van der Waals surface area contributed by atoms with Gasteiger partial charge in [-0.1, -0.05) is 0 Å². The zero-order valence-electron chi connectivity index (χ0n) is 18.4. The lowest BCUT2D eigenvalue weighted by atomic mass is 9.98. The van der Waals surface area contributed by atoms with E-state index in [0.29, 0.717) is 0 Å². The third-order valence-electron chi connectivity index (χ3n) is 6.17. The fourth-order valence-electron chi connectivity index (χ4n) is 4.10. The highest BCUT2D eigenvalue weighted by Gasteiger charge is 2.48. The van der Waals surface area contributed by atoms with Gasteiger partial charge in [-0.2, -0.15) is 0 Å². The van der Waals surface area contributed by atoms with Crippen LogP contribution in [0.15, 0.2) is 0 Å². The van der Waals surface area contributed by atoms with Crippen molar-refractivity contribution >= 4 is 0 Å². The van der Waals surface area contributed by atoms with Crippen LogP contribution in [0.25, 0.3) is 0 Å². The first-order chi connectivity index (χ1) is 16.1. The standard InChI is InChI=1S/C19H34O15/c1-29-17-12(24)7(32-19-16(28)14(26)11(23)9(4-21)34-19)2-6(31-17)5-30-18-15(27)13(25)10(22)8(3-20)33-18/h6-28H,2-5H2,1H3/t6-,7-,8+,9+,10+,11+,12-,13-,14-,15-,16-,17-,18-,19-/m0/s1. The molecule has 3 fully saturated rings. The van der Waals surface area contributed by atoms with Crippen molar-refractivity contribution < 1.29 is 74.4 Å². The van der Waals surface area contributed by atoms with Crippen LogP contribution in [-0.2, 0) is 28.4 Å². The van der Waals surface area contributed by atoms with Gasteiger partial charge >= 0.3 is 0 Å². The predicted octanol–water partition coefficient (Wildman–Crippen LogP) is -5.89. The van der Waals surface area contributed by atoms with E-state index in [1.807, 2.05) is 0 Å². The van der Waals surface area contributed by atoms with Crippen molar-refractivity contribution in [2.45, 2.75) is 92.4 Å². The van der Waals surface area contributed by atoms with E-state index in [4.69, 9.17) is 28.4 Å². The number of aliphatic hydroxyl groups excluding tert-OH is 9. The second-order valence-electron chi connectivity index (χ2n) is 8.49. The molecule has 0 bridgehead atoms. The molecule has 0 amide bonds. The van der Waals surface area contributed by atoms with Crippen molar-refractivity contribution in [3.8, 4) is 0 Å². The molecule has 0 aromatic rings. The first kappa shape index (κ1) is 28.0. The Morgan fingerprint density at radius 3 is 1.71 bits per heavy atom. The average molecular weight is 502 g/mol. The lowest BCUT2D eigenvalue weighted by Crippen LogP contribution is -2.61. The van der Waals surface area contributed by atoms with Gasteiger partial charge in [-0.3, -0.25) is 0 Å². The van der Waals surface area contributed by atoms with E-state index in [0.717, 1.165) is 0 Å². The third kappa shape index (κ3) is 5.86. The fourth-order valence-corrected chi connectivity index (χ4v) is 4.10. The maximum Gasteiger partial charge on any atom is 0.187 e. The molecule has 0 aromatic heterocycles. The maximum absolute atomic E-state index is 10.5. The average Bonchev–Trinajstić information content (AvgIpc) is 2.83. The Morgan fingerprint density at radius 1 is 0.647 bits per heavy atom. The Balaban J connectivity index is 1.63. The summed E-state index contributed by atoms with van der Waals surface area (Å²) in [4.78, 5) is 0. The molecular weight excluding hydrogens is 468 g/mol. The Hall–Kier alpha value is -0.600. The van der Waals surface area contributed by atoms with Crippen LogP contribution in [-0.4, -0.2) is 159 Å². The first-order valence-electron chi connectivity index (χ1n) is 10.9. The second kappa shape index (κ2) is 12.1. The summed E-state index contributed by atoms with van der Waals surface area (Å²) in [6, 6.07) is 0. The maximum atomic E-state index is 10.5. The van der Waals surface area contributed by atoms with Crippen molar-refractivity contribution in [2.24, 2.45) is 0 Å². The van der Waals surface area contributed by atoms with Crippen LogP contribution in [0.3, 0.4) is 0 Å². The molecule has 3 rings (SSSR count). The molecule has 0 saturated carbocycles. The van der Waals surface area contributed by atoms with E-state index >= 15 is 0 Å².